The van der Waals surface area contributed by atoms with Gasteiger partial charge in [-0.05, 0) is 24.3 Å². The van der Waals surface area contributed by atoms with Gasteiger partial charge >= 0.3 is 0 Å². The van der Waals surface area contributed by atoms with Crippen LogP contribution in [0.5, 0.6) is 0 Å². The number of hydrogen-bond acceptors (Lipinski definition) is 7. The van der Waals surface area contributed by atoms with Crippen molar-refractivity contribution in [2.24, 2.45) is 5.84 Å². The van der Waals surface area contributed by atoms with Crippen LogP contribution in [0, 0.1) is 10.1 Å². The number of hydrazine groups is 1. The Labute approximate surface area is 120 Å². The van der Waals surface area contributed by atoms with Gasteiger partial charge in [-0.3, -0.25) is 16.0 Å². The predicted molar refractivity (Wildman–Crippen MR) is 77.0 cm³/mol. The van der Waals surface area contributed by atoms with Gasteiger partial charge in [0.05, 0.1) is 9.82 Å². The quantitative estimate of drug-likeness (QED) is 0.413. The monoisotopic (exact) mass is 318 g/mol. The first-order valence-corrected chi connectivity index (χ1v) is 8.43. The Bertz CT molecular complexity index is 614. The Morgan fingerprint density at radius 3 is 2.75 bits per heavy atom. The number of nitro benzene ring substituents is 1. The number of thioether (sulfide) groups is 1. The summed E-state index contributed by atoms with van der Waals surface area (Å²) in [6, 6.07) is 3.43. The number of nitro groups is 1. The molecule has 1 aliphatic heterocycles. The van der Waals surface area contributed by atoms with Crippen molar-refractivity contribution in [1.82, 2.24) is 4.72 Å². The molecule has 0 saturated carbocycles. The molecule has 1 aromatic carbocycles. The normalized spacial score (nSPS) is 18.9. The molecule has 0 amide bonds. The minimum Gasteiger partial charge on any atom is -0.318 e. The fraction of sp³-hybridized carbons (Fsp3) is 0.400. The summed E-state index contributed by atoms with van der Waals surface area (Å²) in [4.78, 5) is 10.1. The number of benzene rings is 1. The highest BCUT2D eigenvalue weighted by atomic mass is 32.2. The van der Waals surface area contributed by atoms with Crippen molar-refractivity contribution < 1.29 is 13.3 Å². The van der Waals surface area contributed by atoms with E-state index in [9.17, 15) is 18.5 Å². The molecule has 0 spiro atoms. The highest BCUT2D eigenvalue weighted by Gasteiger charge is 2.25. The molecule has 110 valence electrons. The van der Waals surface area contributed by atoms with E-state index in [1.54, 1.807) is 11.8 Å². The topological polar surface area (TPSA) is 127 Å². The van der Waals surface area contributed by atoms with Gasteiger partial charge in [-0.15, -0.1) is 0 Å². The molecule has 8 nitrogen and oxygen atoms in total. The Morgan fingerprint density at radius 1 is 1.45 bits per heavy atom. The van der Waals surface area contributed by atoms with E-state index in [4.69, 9.17) is 5.84 Å². The van der Waals surface area contributed by atoms with Crippen LogP contribution in [0.2, 0.25) is 0 Å². The zero-order chi connectivity index (χ0) is 14.8. The van der Waals surface area contributed by atoms with Crippen molar-refractivity contribution in [2.45, 2.75) is 17.4 Å². The van der Waals surface area contributed by atoms with Crippen LogP contribution in [-0.4, -0.2) is 30.9 Å². The molecule has 10 heteroatoms. The fourth-order valence-electron chi connectivity index (χ4n) is 1.87. The lowest BCUT2D eigenvalue weighted by atomic mass is 10.3. The minimum atomic E-state index is -3.76. The summed E-state index contributed by atoms with van der Waals surface area (Å²) in [5.74, 6) is 6.78. The summed E-state index contributed by atoms with van der Waals surface area (Å²) in [5, 5.41) is 10.9. The number of sulfonamides is 1. The molecular weight excluding hydrogens is 304 g/mol. The van der Waals surface area contributed by atoms with Crippen molar-refractivity contribution in [3.63, 3.8) is 0 Å². The maximum atomic E-state index is 12.2. The van der Waals surface area contributed by atoms with Gasteiger partial charge in [-0.1, -0.05) is 0 Å². The molecule has 0 aliphatic carbocycles. The molecule has 1 saturated heterocycles. The summed E-state index contributed by atoms with van der Waals surface area (Å²) < 4.78 is 26.9. The Hall–Kier alpha value is -1.36. The van der Waals surface area contributed by atoms with E-state index in [-0.39, 0.29) is 22.3 Å². The summed E-state index contributed by atoms with van der Waals surface area (Å²) in [5.41, 5.74) is 1.85. The lowest BCUT2D eigenvalue weighted by molar-refractivity contribution is -0.384. The molecule has 1 fully saturated rings. The highest BCUT2D eigenvalue weighted by molar-refractivity contribution is 7.99. The van der Waals surface area contributed by atoms with Crippen LogP contribution in [0.1, 0.15) is 6.42 Å². The summed E-state index contributed by atoms with van der Waals surface area (Å²) in [6.07, 6.45) is 0.758. The zero-order valence-corrected chi connectivity index (χ0v) is 12.0. The Balaban J connectivity index is 2.31. The molecule has 0 aromatic heterocycles. The van der Waals surface area contributed by atoms with Gasteiger partial charge in [0.2, 0.25) is 10.0 Å². The van der Waals surface area contributed by atoms with Crippen molar-refractivity contribution in [3.05, 3.63) is 28.3 Å². The predicted octanol–water partition coefficient (Wildman–Crippen LogP) is 0.664. The van der Waals surface area contributed by atoms with Crippen molar-refractivity contribution in [2.75, 3.05) is 16.9 Å². The van der Waals surface area contributed by atoms with Gasteiger partial charge in [0.15, 0.2) is 0 Å². The maximum Gasteiger partial charge on any atom is 0.294 e. The third-order valence-corrected chi connectivity index (χ3v) is 5.56. The number of nitrogens with one attached hydrogen (secondary N) is 2. The van der Waals surface area contributed by atoms with Gasteiger partial charge < -0.3 is 5.43 Å². The van der Waals surface area contributed by atoms with Gasteiger partial charge in [0.1, 0.15) is 5.69 Å². The molecule has 2 rings (SSSR count). The smallest absolute Gasteiger partial charge is 0.294 e. The number of anilines is 1. The van der Waals surface area contributed by atoms with Crippen LogP contribution in [0.25, 0.3) is 0 Å². The first kappa shape index (κ1) is 15.0. The van der Waals surface area contributed by atoms with Crippen LogP contribution in [0.15, 0.2) is 23.1 Å². The second-order valence-electron chi connectivity index (χ2n) is 4.26. The van der Waals surface area contributed by atoms with Gasteiger partial charge in [-0.25, -0.2) is 13.1 Å². The van der Waals surface area contributed by atoms with Crippen molar-refractivity contribution in [3.8, 4) is 0 Å². The van der Waals surface area contributed by atoms with Gasteiger partial charge in [-0.2, -0.15) is 11.8 Å². The molecule has 1 atom stereocenters. The standard InChI is InChI=1S/C10H14N4O4S2/c11-12-9-2-1-8(5-10(9)14(15)16)20(17,18)13-7-3-4-19-6-7/h1-2,5,7,12-13H,3-4,6,11H2. The molecule has 0 bridgehead atoms. The van der Waals surface area contributed by atoms with Crippen LogP contribution in [-0.2, 0) is 10.0 Å². The van der Waals surface area contributed by atoms with E-state index in [0.717, 1.165) is 18.2 Å². The third kappa shape index (κ3) is 3.20. The Morgan fingerprint density at radius 2 is 2.20 bits per heavy atom. The summed E-state index contributed by atoms with van der Waals surface area (Å²) >= 11 is 1.67. The van der Waals surface area contributed by atoms with Gasteiger partial charge in [0, 0.05) is 17.9 Å². The second kappa shape index (κ2) is 5.95. The Kier molecular flexibility index (Phi) is 4.48. The van der Waals surface area contributed by atoms with E-state index in [1.165, 1.54) is 12.1 Å². The lowest BCUT2D eigenvalue weighted by Gasteiger charge is -2.12. The number of nitrogen functional groups attached to an aromatic ring is 1. The average Bonchev–Trinajstić information content (AvgIpc) is 2.89. The number of hydrogen-bond donors (Lipinski definition) is 3. The number of nitrogens with zero attached hydrogens (tertiary/aromatic N) is 1. The fourth-order valence-corrected chi connectivity index (χ4v) is 4.41. The third-order valence-electron chi connectivity index (χ3n) is 2.88. The van der Waals surface area contributed by atoms with E-state index in [2.05, 4.69) is 10.1 Å². The molecule has 1 heterocycles. The molecule has 20 heavy (non-hydrogen) atoms. The highest BCUT2D eigenvalue weighted by Crippen LogP contribution is 2.27. The first-order chi connectivity index (χ1) is 9.44. The maximum absolute atomic E-state index is 12.2. The van der Waals surface area contributed by atoms with Crippen LogP contribution in [0.4, 0.5) is 11.4 Å². The number of rotatable bonds is 5. The zero-order valence-electron chi connectivity index (χ0n) is 10.4. The average molecular weight is 318 g/mol. The van der Waals surface area contributed by atoms with Crippen LogP contribution >= 0.6 is 11.8 Å². The van der Waals surface area contributed by atoms with Gasteiger partial charge in [0.25, 0.3) is 5.69 Å². The van der Waals surface area contributed by atoms with Crippen LogP contribution < -0.4 is 16.0 Å². The molecule has 1 aromatic rings. The minimum absolute atomic E-state index is 0.0605. The van der Waals surface area contributed by atoms with E-state index < -0.39 is 14.9 Å². The first-order valence-electron chi connectivity index (χ1n) is 5.79. The van der Waals surface area contributed by atoms with E-state index in [0.29, 0.717) is 5.75 Å². The molecule has 4 N–H and O–H groups in total. The molecule has 1 aliphatic rings. The SMILES string of the molecule is NNc1ccc(S(=O)(=O)NC2CCSC2)cc1[N+](=O)[O-]. The van der Waals surface area contributed by atoms with Crippen molar-refractivity contribution >= 4 is 33.2 Å². The molecular formula is C10H14N4O4S2. The molecule has 1 unspecified atom stereocenters. The van der Waals surface area contributed by atoms with Crippen molar-refractivity contribution in [1.29, 1.82) is 0 Å². The molecule has 0 radical (unpaired) electrons. The lowest BCUT2D eigenvalue weighted by Crippen LogP contribution is -2.34. The summed E-state index contributed by atoms with van der Waals surface area (Å²) in [6.45, 7) is 0. The van der Waals surface area contributed by atoms with E-state index >= 15 is 0 Å². The summed E-state index contributed by atoms with van der Waals surface area (Å²) in [7, 11) is -3.76. The van der Waals surface area contributed by atoms with E-state index in [1.807, 2.05) is 0 Å². The largest absolute Gasteiger partial charge is 0.318 e. The van der Waals surface area contributed by atoms with Crippen LogP contribution in [0.3, 0.4) is 0 Å². The number of nitrogens with two attached hydrogens (primary N) is 1. The second-order valence-corrected chi connectivity index (χ2v) is 7.13.